The Morgan fingerprint density at radius 1 is 0.300 bits per heavy atom. The Hall–Kier alpha value is -7.94. The third-order valence-corrected chi connectivity index (χ3v) is 13.4. The minimum atomic E-state index is 0.819. The topological polar surface area (TPSA) is 6.48 Å². The number of rotatable bonds is 14. The predicted octanol–water partition coefficient (Wildman–Crippen LogP) is 18.7. The lowest BCUT2D eigenvalue weighted by atomic mass is 9.91. The molecule has 0 saturated carbocycles. The van der Waals surface area contributed by atoms with Crippen molar-refractivity contribution in [1.29, 1.82) is 0 Å². The molecule has 0 amide bonds. The Bertz CT molecular complexity index is 3040. The van der Waals surface area contributed by atoms with Crippen LogP contribution < -0.4 is 9.80 Å². The van der Waals surface area contributed by atoms with Gasteiger partial charge in [0.25, 0.3) is 0 Å². The van der Waals surface area contributed by atoms with Gasteiger partial charge in [-0.2, -0.15) is 0 Å². The highest BCUT2D eigenvalue weighted by molar-refractivity contribution is 5.88. The van der Waals surface area contributed by atoms with Gasteiger partial charge in [0.2, 0.25) is 0 Å². The van der Waals surface area contributed by atoms with Gasteiger partial charge >= 0.3 is 0 Å². The fourth-order valence-corrected chi connectivity index (χ4v) is 9.42. The van der Waals surface area contributed by atoms with Crippen LogP contribution in [0.5, 0.6) is 0 Å². The van der Waals surface area contributed by atoms with E-state index in [9.17, 15) is 0 Å². The lowest BCUT2D eigenvalue weighted by molar-refractivity contribution is 1.23. The molecule has 346 valence electrons. The summed E-state index contributed by atoms with van der Waals surface area (Å²) in [4.78, 5) is 4.74. The van der Waals surface area contributed by atoms with Gasteiger partial charge in [0.05, 0.1) is 0 Å². The summed E-state index contributed by atoms with van der Waals surface area (Å²) >= 11 is 0. The zero-order valence-corrected chi connectivity index (χ0v) is 42.1. The Kier molecular flexibility index (Phi) is 14.2. The van der Waals surface area contributed by atoms with Crippen LogP contribution in [0.25, 0.3) is 23.3 Å². The summed E-state index contributed by atoms with van der Waals surface area (Å²) in [6.45, 7) is 17.3. The quantitative estimate of drug-likeness (QED) is 0.100. The van der Waals surface area contributed by atoms with Gasteiger partial charge in [-0.15, -0.1) is 0 Å². The van der Waals surface area contributed by atoms with Gasteiger partial charge < -0.3 is 9.80 Å². The summed E-state index contributed by atoms with van der Waals surface area (Å²) < 4.78 is 0. The highest BCUT2D eigenvalue weighted by atomic mass is 15.1. The van der Waals surface area contributed by atoms with Crippen molar-refractivity contribution in [3.8, 4) is 0 Å². The molecule has 0 spiro atoms. The highest BCUT2D eigenvalue weighted by Crippen LogP contribution is 2.39. The number of aryl methyl sites for hydroxylation is 8. The fraction of sp³-hybridized carbons (Fsp3) is 0.147. The molecule has 0 atom stereocenters. The molecular formula is C68H64N2. The normalized spacial score (nSPS) is 11.7. The average Bonchev–Trinajstić information content (AvgIpc) is 3.36. The minimum absolute atomic E-state index is 0.819. The molecular weight excluding hydrogens is 845 g/mol. The molecule has 9 aromatic rings. The first-order valence-electron chi connectivity index (χ1n) is 24.6. The van der Waals surface area contributed by atoms with Crippen LogP contribution in [-0.2, 0) is 12.8 Å². The molecule has 9 rings (SSSR count). The molecule has 0 fully saturated rings. The van der Waals surface area contributed by atoms with Crippen molar-refractivity contribution in [3.63, 3.8) is 0 Å². The van der Waals surface area contributed by atoms with E-state index in [1.165, 1.54) is 100 Å². The average molecular weight is 909 g/mol. The summed E-state index contributed by atoms with van der Waals surface area (Å²) in [7, 11) is 0. The molecule has 0 aromatic heterocycles. The Balaban J connectivity index is 1.06. The first kappa shape index (κ1) is 47.1. The standard InChI is InChI=1S/C68H64N2/c1-47-9-19-55(20-10-47)43-61(45-57-23-35-65(36-24-57)69(63-31-13-49(3)14-32-63)67-39-17-51(5)41-53(67)7)59-27-29-60(30-28-59)62(44-56-21-11-48(2)12-22-56)46-58-25-37-66(38-26-58)70(64-33-15-50(4)16-34-64)68-40-18-52(6)42-54(68)8/h9-42,45-46H,43-44H2,1-8H3. The second-order valence-corrected chi connectivity index (χ2v) is 19.3. The Labute approximate surface area is 417 Å². The summed E-state index contributed by atoms with van der Waals surface area (Å²) in [6.07, 6.45) is 6.38. The molecule has 0 aliphatic heterocycles. The van der Waals surface area contributed by atoms with E-state index in [1.54, 1.807) is 0 Å². The first-order valence-corrected chi connectivity index (χ1v) is 24.6. The molecule has 9 aromatic carbocycles. The zero-order chi connectivity index (χ0) is 48.7. The van der Waals surface area contributed by atoms with E-state index in [4.69, 9.17) is 0 Å². The fourth-order valence-electron chi connectivity index (χ4n) is 9.42. The number of allylic oxidation sites excluding steroid dienone is 2. The van der Waals surface area contributed by atoms with E-state index in [2.05, 4.69) is 284 Å². The van der Waals surface area contributed by atoms with Crippen LogP contribution in [0.2, 0.25) is 0 Å². The number of anilines is 6. The van der Waals surface area contributed by atoms with Crippen molar-refractivity contribution in [3.05, 3.63) is 284 Å². The second kappa shape index (κ2) is 21.1. The molecule has 0 saturated heterocycles. The smallest absolute Gasteiger partial charge is 0.0490 e. The summed E-state index contributed by atoms with van der Waals surface area (Å²) in [5, 5.41) is 0. The van der Waals surface area contributed by atoms with E-state index < -0.39 is 0 Å². The summed E-state index contributed by atoms with van der Waals surface area (Å²) in [6, 6.07) is 76.4. The zero-order valence-electron chi connectivity index (χ0n) is 42.1. The monoisotopic (exact) mass is 909 g/mol. The maximum absolute atomic E-state index is 2.37. The number of hydrogen-bond donors (Lipinski definition) is 0. The maximum atomic E-state index is 2.37. The Morgan fingerprint density at radius 2 is 0.571 bits per heavy atom. The molecule has 0 N–H and O–H groups in total. The lowest BCUT2D eigenvalue weighted by Crippen LogP contribution is -2.11. The van der Waals surface area contributed by atoms with E-state index in [0.717, 1.165) is 35.6 Å². The molecule has 0 heterocycles. The number of benzene rings is 9. The third kappa shape index (κ3) is 11.3. The summed E-state index contributed by atoms with van der Waals surface area (Å²) in [5.41, 5.74) is 26.9. The van der Waals surface area contributed by atoms with Crippen LogP contribution in [0.15, 0.2) is 206 Å². The molecule has 0 aliphatic carbocycles. The van der Waals surface area contributed by atoms with Crippen molar-refractivity contribution in [2.75, 3.05) is 9.80 Å². The van der Waals surface area contributed by atoms with Crippen LogP contribution in [-0.4, -0.2) is 0 Å². The number of hydrogen-bond acceptors (Lipinski definition) is 2. The molecule has 0 radical (unpaired) electrons. The molecule has 0 unspecified atom stereocenters. The van der Waals surface area contributed by atoms with Crippen LogP contribution >= 0.6 is 0 Å². The SMILES string of the molecule is Cc1ccc(CC(=Cc2ccc(N(c3ccc(C)cc3)c3ccc(C)cc3C)cc2)c2ccc(C(=Cc3ccc(N(c4ccc(C)cc4)c4ccc(C)cc4C)cc3)Cc3ccc(C)cc3)cc2)cc1. The van der Waals surface area contributed by atoms with Crippen LogP contribution in [0.4, 0.5) is 34.1 Å². The molecule has 0 aliphatic rings. The largest absolute Gasteiger partial charge is 0.310 e. The molecule has 0 bridgehead atoms. The lowest BCUT2D eigenvalue weighted by Gasteiger charge is -2.27. The van der Waals surface area contributed by atoms with Crippen LogP contribution in [0.3, 0.4) is 0 Å². The molecule has 2 heteroatoms. The van der Waals surface area contributed by atoms with Crippen LogP contribution in [0.1, 0.15) is 77.9 Å². The molecule has 70 heavy (non-hydrogen) atoms. The minimum Gasteiger partial charge on any atom is -0.310 e. The first-order chi connectivity index (χ1) is 33.9. The van der Waals surface area contributed by atoms with Gasteiger partial charge in [-0.05, 0) is 185 Å². The van der Waals surface area contributed by atoms with Crippen molar-refractivity contribution in [1.82, 2.24) is 0 Å². The predicted molar refractivity (Wildman–Crippen MR) is 303 cm³/mol. The van der Waals surface area contributed by atoms with Crippen molar-refractivity contribution >= 4 is 57.4 Å². The van der Waals surface area contributed by atoms with Crippen molar-refractivity contribution in [2.45, 2.75) is 68.2 Å². The van der Waals surface area contributed by atoms with Gasteiger partial charge in [-0.25, -0.2) is 0 Å². The van der Waals surface area contributed by atoms with E-state index in [0.29, 0.717) is 0 Å². The highest BCUT2D eigenvalue weighted by Gasteiger charge is 2.17. The van der Waals surface area contributed by atoms with Gasteiger partial charge in [0, 0.05) is 34.1 Å². The van der Waals surface area contributed by atoms with Gasteiger partial charge in [-0.1, -0.05) is 191 Å². The van der Waals surface area contributed by atoms with Crippen LogP contribution in [0, 0.1) is 55.4 Å². The van der Waals surface area contributed by atoms with E-state index in [-0.39, 0.29) is 0 Å². The van der Waals surface area contributed by atoms with Gasteiger partial charge in [-0.3, -0.25) is 0 Å². The van der Waals surface area contributed by atoms with Crippen molar-refractivity contribution in [2.24, 2.45) is 0 Å². The number of nitrogens with zero attached hydrogens (tertiary/aromatic N) is 2. The third-order valence-electron chi connectivity index (χ3n) is 13.4. The second-order valence-electron chi connectivity index (χ2n) is 19.3. The van der Waals surface area contributed by atoms with Gasteiger partial charge in [0.15, 0.2) is 0 Å². The summed E-state index contributed by atoms with van der Waals surface area (Å²) in [5.74, 6) is 0. The Morgan fingerprint density at radius 3 is 0.871 bits per heavy atom. The van der Waals surface area contributed by atoms with Crippen molar-refractivity contribution < 1.29 is 0 Å². The van der Waals surface area contributed by atoms with E-state index in [1.807, 2.05) is 0 Å². The van der Waals surface area contributed by atoms with Gasteiger partial charge in [0.1, 0.15) is 0 Å². The molecule has 2 nitrogen and oxygen atoms in total. The maximum Gasteiger partial charge on any atom is 0.0490 e. The van der Waals surface area contributed by atoms with E-state index >= 15 is 0 Å².